The van der Waals surface area contributed by atoms with Crippen molar-refractivity contribution in [2.45, 2.75) is 32.2 Å². The lowest BCUT2D eigenvalue weighted by atomic mass is 10.1. The van der Waals surface area contributed by atoms with Crippen molar-refractivity contribution in [3.8, 4) is 0 Å². The van der Waals surface area contributed by atoms with Gasteiger partial charge in [0.1, 0.15) is 0 Å². The Bertz CT molecular complexity index is 341. The lowest BCUT2D eigenvalue weighted by Gasteiger charge is -2.15. The summed E-state index contributed by atoms with van der Waals surface area (Å²) in [6.45, 7) is 6.90. The second-order valence-corrected chi connectivity index (χ2v) is 5.91. The topological polar surface area (TPSA) is 41.3 Å². The highest BCUT2D eigenvalue weighted by molar-refractivity contribution is 5.14. The van der Waals surface area contributed by atoms with Crippen LogP contribution >= 0.6 is 0 Å². The number of rotatable bonds is 4. The standard InChI is InChI=1S/C13H20N2.C4H9N/c14-8-6-13-7-9-15(11-13)10-12-4-2-1-3-5-12;1-2-4-5-3-1/h1-5,13H,6-11,14H2;5H,1-4H2. The Labute approximate surface area is 123 Å². The Kier molecular flexibility index (Phi) is 7.06. The molecule has 2 heterocycles. The molecule has 1 aromatic rings. The largest absolute Gasteiger partial charge is 0.330 e. The van der Waals surface area contributed by atoms with Crippen LogP contribution < -0.4 is 11.1 Å². The van der Waals surface area contributed by atoms with Crippen LogP contribution in [-0.2, 0) is 6.54 Å². The van der Waals surface area contributed by atoms with Gasteiger partial charge in [-0.25, -0.2) is 0 Å². The minimum Gasteiger partial charge on any atom is -0.330 e. The molecule has 20 heavy (non-hydrogen) atoms. The van der Waals surface area contributed by atoms with Crippen molar-refractivity contribution in [3.05, 3.63) is 35.9 Å². The second kappa shape index (κ2) is 9.11. The molecule has 0 bridgehead atoms. The van der Waals surface area contributed by atoms with E-state index >= 15 is 0 Å². The first-order chi connectivity index (χ1) is 9.88. The monoisotopic (exact) mass is 275 g/mol. The van der Waals surface area contributed by atoms with Gasteiger partial charge in [-0.2, -0.15) is 0 Å². The third kappa shape index (κ3) is 5.61. The SMILES string of the molecule is C1CCNC1.NCCC1CCN(Cc2ccccc2)C1. The van der Waals surface area contributed by atoms with E-state index in [9.17, 15) is 0 Å². The average molecular weight is 275 g/mol. The van der Waals surface area contributed by atoms with Crippen LogP contribution in [0.1, 0.15) is 31.2 Å². The molecule has 3 N–H and O–H groups in total. The molecule has 1 aromatic carbocycles. The van der Waals surface area contributed by atoms with Crippen molar-refractivity contribution in [2.24, 2.45) is 11.7 Å². The molecule has 0 aromatic heterocycles. The van der Waals surface area contributed by atoms with Crippen molar-refractivity contribution >= 4 is 0 Å². The van der Waals surface area contributed by atoms with Crippen LogP contribution in [0.2, 0.25) is 0 Å². The molecule has 2 aliphatic rings. The first-order valence-corrected chi connectivity index (χ1v) is 8.05. The van der Waals surface area contributed by atoms with Crippen molar-refractivity contribution in [2.75, 3.05) is 32.7 Å². The minimum absolute atomic E-state index is 0.832. The Hall–Kier alpha value is -0.900. The third-order valence-electron chi connectivity index (χ3n) is 4.15. The summed E-state index contributed by atoms with van der Waals surface area (Å²) in [7, 11) is 0. The van der Waals surface area contributed by atoms with Gasteiger partial charge in [-0.1, -0.05) is 30.3 Å². The average Bonchev–Trinajstić information content (AvgIpc) is 3.15. The Balaban J connectivity index is 0.000000247. The normalized spacial score (nSPS) is 22.6. The van der Waals surface area contributed by atoms with Crippen molar-refractivity contribution < 1.29 is 0 Å². The smallest absolute Gasteiger partial charge is 0.0233 e. The van der Waals surface area contributed by atoms with Crippen LogP contribution in [-0.4, -0.2) is 37.6 Å². The molecule has 2 fully saturated rings. The van der Waals surface area contributed by atoms with Crippen LogP contribution in [0.3, 0.4) is 0 Å². The first kappa shape index (κ1) is 15.5. The van der Waals surface area contributed by atoms with Gasteiger partial charge in [0.05, 0.1) is 0 Å². The maximum atomic E-state index is 5.59. The fourth-order valence-electron chi connectivity index (χ4n) is 2.99. The van der Waals surface area contributed by atoms with E-state index in [4.69, 9.17) is 5.73 Å². The Morgan fingerprint density at radius 1 is 1.15 bits per heavy atom. The minimum atomic E-state index is 0.832. The Morgan fingerprint density at radius 3 is 2.50 bits per heavy atom. The molecule has 0 radical (unpaired) electrons. The highest BCUT2D eigenvalue weighted by Crippen LogP contribution is 2.20. The van der Waals surface area contributed by atoms with E-state index in [1.54, 1.807) is 0 Å². The van der Waals surface area contributed by atoms with Crippen molar-refractivity contribution in [3.63, 3.8) is 0 Å². The van der Waals surface area contributed by atoms with E-state index in [1.807, 2.05) is 0 Å². The van der Waals surface area contributed by atoms with Gasteiger partial charge in [-0.05, 0) is 63.3 Å². The van der Waals surface area contributed by atoms with Crippen LogP contribution in [0.15, 0.2) is 30.3 Å². The highest BCUT2D eigenvalue weighted by Gasteiger charge is 2.21. The predicted molar refractivity (Wildman–Crippen MR) is 85.6 cm³/mol. The first-order valence-electron chi connectivity index (χ1n) is 8.05. The molecule has 3 rings (SSSR count). The summed E-state index contributed by atoms with van der Waals surface area (Å²) in [4.78, 5) is 2.54. The van der Waals surface area contributed by atoms with Crippen LogP contribution in [0.5, 0.6) is 0 Å². The van der Waals surface area contributed by atoms with E-state index in [-0.39, 0.29) is 0 Å². The van der Waals surface area contributed by atoms with Crippen LogP contribution in [0.25, 0.3) is 0 Å². The summed E-state index contributed by atoms with van der Waals surface area (Å²) < 4.78 is 0. The molecular weight excluding hydrogens is 246 g/mol. The number of benzene rings is 1. The lowest BCUT2D eigenvalue weighted by Crippen LogP contribution is -2.20. The van der Waals surface area contributed by atoms with Gasteiger partial charge in [0.2, 0.25) is 0 Å². The lowest BCUT2D eigenvalue weighted by molar-refractivity contribution is 0.314. The van der Waals surface area contributed by atoms with E-state index < -0.39 is 0 Å². The maximum absolute atomic E-state index is 5.59. The molecule has 1 atom stereocenters. The van der Waals surface area contributed by atoms with Gasteiger partial charge in [0.25, 0.3) is 0 Å². The van der Waals surface area contributed by atoms with Crippen molar-refractivity contribution in [1.82, 2.24) is 10.2 Å². The fourth-order valence-corrected chi connectivity index (χ4v) is 2.99. The summed E-state index contributed by atoms with van der Waals surface area (Å²) in [5.41, 5.74) is 7.01. The number of nitrogens with one attached hydrogen (secondary N) is 1. The zero-order valence-corrected chi connectivity index (χ0v) is 12.6. The van der Waals surface area contributed by atoms with E-state index in [0.29, 0.717) is 0 Å². The van der Waals surface area contributed by atoms with Crippen LogP contribution in [0.4, 0.5) is 0 Å². The summed E-state index contributed by atoms with van der Waals surface area (Å²) in [6.07, 6.45) is 5.29. The summed E-state index contributed by atoms with van der Waals surface area (Å²) in [6, 6.07) is 10.7. The third-order valence-corrected chi connectivity index (χ3v) is 4.15. The molecule has 0 aliphatic carbocycles. The Morgan fingerprint density at radius 2 is 1.90 bits per heavy atom. The molecule has 1 unspecified atom stereocenters. The van der Waals surface area contributed by atoms with Crippen LogP contribution in [0, 0.1) is 5.92 Å². The highest BCUT2D eigenvalue weighted by atomic mass is 15.1. The van der Waals surface area contributed by atoms with E-state index in [1.165, 1.54) is 57.4 Å². The summed E-state index contributed by atoms with van der Waals surface area (Å²) in [5, 5.41) is 3.22. The summed E-state index contributed by atoms with van der Waals surface area (Å²) in [5.74, 6) is 0.832. The maximum Gasteiger partial charge on any atom is 0.0233 e. The quantitative estimate of drug-likeness (QED) is 0.885. The number of hydrogen-bond donors (Lipinski definition) is 2. The van der Waals surface area contributed by atoms with Gasteiger partial charge in [0.15, 0.2) is 0 Å². The molecule has 0 spiro atoms. The van der Waals surface area contributed by atoms with E-state index in [2.05, 4.69) is 40.5 Å². The molecule has 112 valence electrons. The molecule has 3 heteroatoms. The summed E-state index contributed by atoms with van der Waals surface area (Å²) >= 11 is 0. The zero-order chi connectivity index (χ0) is 14.0. The number of nitrogens with two attached hydrogens (primary N) is 1. The molecule has 2 aliphatic heterocycles. The number of nitrogens with zero attached hydrogens (tertiary/aromatic N) is 1. The number of hydrogen-bond acceptors (Lipinski definition) is 3. The zero-order valence-electron chi connectivity index (χ0n) is 12.6. The van der Waals surface area contributed by atoms with Gasteiger partial charge in [0, 0.05) is 13.1 Å². The van der Waals surface area contributed by atoms with Gasteiger partial charge >= 0.3 is 0 Å². The van der Waals surface area contributed by atoms with Gasteiger partial charge in [-0.15, -0.1) is 0 Å². The molecule has 3 nitrogen and oxygen atoms in total. The van der Waals surface area contributed by atoms with Gasteiger partial charge in [-0.3, -0.25) is 4.90 Å². The molecule has 2 saturated heterocycles. The number of likely N-dealkylation sites (tertiary alicyclic amines) is 1. The second-order valence-electron chi connectivity index (χ2n) is 5.91. The predicted octanol–water partition coefficient (Wildman–Crippen LogP) is 2.23. The van der Waals surface area contributed by atoms with Gasteiger partial charge < -0.3 is 11.1 Å². The molecular formula is C17H29N3. The van der Waals surface area contributed by atoms with Crippen molar-refractivity contribution in [1.29, 1.82) is 0 Å². The molecule has 0 amide bonds. The van der Waals surface area contributed by atoms with E-state index in [0.717, 1.165) is 19.0 Å². The molecule has 0 saturated carbocycles. The fraction of sp³-hybridized carbons (Fsp3) is 0.647.